The van der Waals surface area contributed by atoms with Crippen molar-refractivity contribution in [2.24, 2.45) is 0 Å². The summed E-state index contributed by atoms with van der Waals surface area (Å²) in [6, 6.07) is 6.05. The van der Waals surface area contributed by atoms with E-state index in [0.29, 0.717) is 4.47 Å². The molecule has 1 heterocycles. The minimum absolute atomic E-state index is 0.0669. The van der Waals surface area contributed by atoms with Gasteiger partial charge < -0.3 is 10.0 Å². The van der Waals surface area contributed by atoms with Gasteiger partial charge in [-0.1, -0.05) is 11.6 Å². The summed E-state index contributed by atoms with van der Waals surface area (Å²) in [5.74, 6) is -0.635. The van der Waals surface area contributed by atoms with Gasteiger partial charge in [-0.2, -0.15) is 0 Å². The maximum atomic E-state index is 12.5. The van der Waals surface area contributed by atoms with E-state index in [1.807, 2.05) is 19.0 Å². The van der Waals surface area contributed by atoms with Crippen LogP contribution in [0.1, 0.15) is 5.69 Å². The molecule has 22 heavy (non-hydrogen) atoms. The van der Waals surface area contributed by atoms with Crippen molar-refractivity contribution in [3.8, 4) is 5.75 Å². The molecule has 0 bridgehead atoms. The lowest BCUT2D eigenvalue weighted by molar-refractivity contribution is 0.466. The van der Waals surface area contributed by atoms with Gasteiger partial charge in [-0.15, -0.1) is 0 Å². The van der Waals surface area contributed by atoms with Crippen molar-refractivity contribution in [1.82, 2.24) is 4.98 Å². The van der Waals surface area contributed by atoms with Crippen molar-refractivity contribution < 1.29 is 13.5 Å². The number of sulfone groups is 1. The average Bonchev–Trinajstić information content (AvgIpc) is 2.41. The van der Waals surface area contributed by atoms with E-state index in [-0.39, 0.29) is 21.4 Å². The van der Waals surface area contributed by atoms with Crippen molar-refractivity contribution in [3.63, 3.8) is 0 Å². The first-order valence-electron chi connectivity index (χ1n) is 6.24. The largest absolute Gasteiger partial charge is 0.506 e. The highest BCUT2D eigenvalue weighted by Gasteiger charge is 2.20. The van der Waals surface area contributed by atoms with Gasteiger partial charge in [-0.05, 0) is 34.1 Å². The molecule has 0 aliphatic heterocycles. The van der Waals surface area contributed by atoms with Crippen LogP contribution < -0.4 is 4.90 Å². The molecule has 2 aromatic rings. The van der Waals surface area contributed by atoms with Crippen LogP contribution >= 0.6 is 27.5 Å². The molecule has 1 aromatic heterocycles. The quantitative estimate of drug-likeness (QED) is 0.845. The number of benzene rings is 1. The van der Waals surface area contributed by atoms with Crippen LogP contribution in [0.5, 0.6) is 5.75 Å². The van der Waals surface area contributed by atoms with Gasteiger partial charge in [-0.25, -0.2) is 8.42 Å². The lowest BCUT2D eigenvalue weighted by Gasteiger charge is -2.15. The second-order valence-electron chi connectivity index (χ2n) is 4.89. The summed E-state index contributed by atoms with van der Waals surface area (Å²) in [5, 5.41) is 9.99. The molecule has 0 amide bonds. The number of nitrogens with zero attached hydrogens (tertiary/aromatic N) is 2. The normalized spacial score (nSPS) is 11.5. The minimum Gasteiger partial charge on any atom is -0.506 e. The van der Waals surface area contributed by atoms with Crippen LogP contribution in [0.25, 0.3) is 0 Å². The van der Waals surface area contributed by atoms with E-state index >= 15 is 0 Å². The van der Waals surface area contributed by atoms with Crippen molar-refractivity contribution in [3.05, 3.63) is 45.7 Å². The molecule has 0 radical (unpaired) electrons. The zero-order valence-electron chi connectivity index (χ0n) is 11.9. The standard InChI is InChI=1S/C14H14BrClN2O3S/c1-18(2)13-4-3-10(6-11(13)15)22(20,21)8-12-14(19)5-9(16)7-17-12/h3-7,19H,8H2,1-2H3. The van der Waals surface area contributed by atoms with Gasteiger partial charge in [0, 0.05) is 30.8 Å². The number of hydrogen-bond acceptors (Lipinski definition) is 5. The molecule has 118 valence electrons. The van der Waals surface area contributed by atoms with Crippen LogP contribution in [-0.4, -0.2) is 32.6 Å². The molecule has 0 aliphatic rings. The van der Waals surface area contributed by atoms with E-state index in [9.17, 15) is 13.5 Å². The van der Waals surface area contributed by atoms with Gasteiger partial charge in [0.1, 0.15) is 11.5 Å². The Labute approximate surface area is 142 Å². The Kier molecular flexibility index (Phi) is 4.99. The number of aromatic nitrogens is 1. The Morgan fingerprint density at radius 1 is 1.32 bits per heavy atom. The van der Waals surface area contributed by atoms with Crippen LogP contribution in [0.2, 0.25) is 5.02 Å². The van der Waals surface area contributed by atoms with Crippen LogP contribution in [0.3, 0.4) is 0 Å². The van der Waals surface area contributed by atoms with Crippen LogP contribution in [0.15, 0.2) is 39.8 Å². The van der Waals surface area contributed by atoms with Crippen molar-refractivity contribution in [2.75, 3.05) is 19.0 Å². The van der Waals surface area contributed by atoms with Gasteiger partial charge in [0.2, 0.25) is 0 Å². The molecule has 1 aromatic carbocycles. The van der Waals surface area contributed by atoms with Crippen LogP contribution in [0.4, 0.5) is 5.69 Å². The number of pyridine rings is 1. The number of rotatable bonds is 4. The highest BCUT2D eigenvalue weighted by molar-refractivity contribution is 9.10. The predicted octanol–water partition coefficient (Wildman–Crippen LogP) is 3.24. The van der Waals surface area contributed by atoms with E-state index < -0.39 is 15.6 Å². The van der Waals surface area contributed by atoms with Crippen molar-refractivity contribution in [2.45, 2.75) is 10.6 Å². The second-order valence-corrected chi connectivity index (χ2v) is 8.17. The van der Waals surface area contributed by atoms with Crippen LogP contribution in [-0.2, 0) is 15.6 Å². The lowest BCUT2D eigenvalue weighted by Crippen LogP contribution is -2.11. The molecule has 0 fully saturated rings. The fourth-order valence-corrected chi connectivity index (χ4v) is 4.23. The molecule has 0 spiro atoms. The molecule has 0 unspecified atom stereocenters. The third kappa shape index (κ3) is 3.71. The molecular weight excluding hydrogens is 392 g/mol. The van der Waals surface area contributed by atoms with E-state index in [4.69, 9.17) is 11.6 Å². The molecular formula is C14H14BrClN2O3S. The highest BCUT2D eigenvalue weighted by atomic mass is 79.9. The summed E-state index contributed by atoms with van der Waals surface area (Å²) in [6.07, 6.45) is 1.30. The molecule has 0 aliphatic carbocycles. The summed E-state index contributed by atoms with van der Waals surface area (Å²) in [5.41, 5.74) is 0.934. The maximum absolute atomic E-state index is 12.5. The fraction of sp³-hybridized carbons (Fsp3) is 0.214. The van der Waals surface area contributed by atoms with E-state index in [2.05, 4.69) is 20.9 Å². The summed E-state index contributed by atoms with van der Waals surface area (Å²) < 4.78 is 25.6. The Hall–Kier alpha value is -1.31. The topological polar surface area (TPSA) is 70.5 Å². The third-order valence-corrected chi connectivity index (χ3v) is 5.47. The number of aromatic hydroxyl groups is 1. The third-order valence-electron chi connectivity index (χ3n) is 3.00. The first-order chi connectivity index (χ1) is 10.2. The van der Waals surface area contributed by atoms with E-state index in [1.54, 1.807) is 6.07 Å². The minimum atomic E-state index is -3.63. The Bertz CT molecular complexity index is 810. The number of hydrogen-bond donors (Lipinski definition) is 1. The Morgan fingerprint density at radius 2 is 2.00 bits per heavy atom. The fourth-order valence-electron chi connectivity index (χ4n) is 1.88. The zero-order valence-corrected chi connectivity index (χ0v) is 15.1. The molecule has 0 atom stereocenters. The molecule has 1 N–H and O–H groups in total. The first-order valence-corrected chi connectivity index (χ1v) is 9.06. The van der Waals surface area contributed by atoms with Gasteiger partial charge in [-0.3, -0.25) is 4.98 Å². The summed E-state index contributed by atoms with van der Waals surface area (Å²) in [4.78, 5) is 5.90. The Balaban J connectivity index is 2.36. The van der Waals surface area contributed by atoms with Crippen molar-refractivity contribution in [1.29, 1.82) is 0 Å². The Morgan fingerprint density at radius 3 is 2.55 bits per heavy atom. The van der Waals surface area contributed by atoms with Gasteiger partial charge in [0.05, 0.1) is 21.3 Å². The van der Waals surface area contributed by atoms with Gasteiger partial charge >= 0.3 is 0 Å². The highest BCUT2D eigenvalue weighted by Crippen LogP contribution is 2.30. The first kappa shape index (κ1) is 17.1. The van der Waals surface area contributed by atoms with Crippen molar-refractivity contribution >= 4 is 43.1 Å². The molecule has 8 heteroatoms. The maximum Gasteiger partial charge on any atom is 0.184 e. The average molecular weight is 406 g/mol. The lowest BCUT2D eigenvalue weighted by atomic mass is 10.3. The number of anilines is 1. The summed E-state index contributed by atoms with van der Waals surface area (Å²) in [7, 11) is 0.102. The predicted molar refractivity (Wildman–Crippen MR) is 90.3 cm³/mol. The van der Waals surface area contributed by atoms with Crippen LogP contribution in [0, 0.1) is 0 Å². The summed E-state index contributed by atoms with van der Waals surface area (Å²) in [6.45, 7) is 0. The smallest absolute Gasteiger partial charge is 0.184 e. The second kappa shape index (κ2) is 6.44. The molecule has 0 saturated carbocycles. The summed E-state index contributed by atoms with van der Waals surface area (Å²) >= 11 is 9.05. The number of halogens is 2. The SMILES string of the molecule is CN(C)c1ccc(S(=O)(=O)Cc2ncc(Cl)cc2O)cc1Br. The van der Waals surface area contributed by atoms with Gasteiger partial charge in [0.15, 0.2) is 9.84 Å². The van der Waals surface area contributed by atoms with Gasteiger partial charge in [0.25, 0.3) is 0 Å². The molecule has 5 nitrogen and oxygen atoms in total. The molecule has 2 rings (SSSR count). The van der Waals surface area contributed by atoms with E-state index in [1.165, 1.54) is 24.4 Å². The zero-order chi connectivity index (χ0) is 16.5. The van der Waals surface area contributed by atoms with E-state index in [0.717, 1.165) is 5.69 Å². The molecule has 0 saturated heterocycles. The monoisotopic (exact) mass is 404 g/mol.